The molecule has 0 aromatic heterocycles. The lowest BCUT2D eigenvalue weighted by molar-refractivity contribution is -0.384. The summed E-state index contributed by atoms with van der Waals surface area (Å²) in [5, 5.41) is 13.3. The van der Waals surface area contributed by atoms with E-state index in [1.54, 1.807) is 12.1 Å². The zero-order valence-electron chi connectivity index (χ0n) is 14.1. The number of aryl methyl sites for hydroxylation is 1. The number of methoxy groups -OCH3 is 2. The van der Waals surface area contributed by atoms with Gasteiger partial charge >= 0.3 is 0 Å². The van der Waals surface area contributed by atoms with Gasteiger partial charge in [0, 0.05) is 23.9 Å². The molecule has 1 amide bonds. The molecule has 132 valence electrons. The lowest BCUT2D eigenvalue weighted by Crippen LogP contribution is -2.20. The number of carbonyl (C=O) groups is 1. The minimum absolute atomic E-state index is 0.0437. The number of non-ortho nitro benzene ring substituents is 1. The molecule has 0 aliphatic heterocycles. The largest absolute Gasteiger partial charge is 0.493 e. The van der Waals surface area contributed by atoms with Crippen LogP contribution in [0.15, 0.2) is 36.4 Å². The number of ether oxygens (including phenoxy) is 3. The summed E-state index contributed by atoms with van der Waals surface area (Å²) in [7, 11) is 3.05. The predicted octanol–water partition coefficient (Wildman–Crippen LogP) is 2.94. The number of nitrogens with zero attached hydrogens (tertiary/aromatic N) is 1. The van der Waals surface area contributed by atoms with Gasteiger partial charge in [-0.05, 0) is 30.7 Å². The van der Waals surface area contributed by atoms with Crippen LogP contribution in [0.3, 0.4) is 0 Å². The number of anilines is 1. The van der Waals surface area contributed by atoms with E-state index in [9.17, 15) is 14.9 Å². The predicted molar refractivity (Wildman–Crippen MR) is 91.5 cm³/mol. The maximum Gasteiger partial charge on any atom is 0.269 e. The molecule has 0 fully saturated rings. The van der Waals surface area contributed by atoms with Crippen molar-refractivity contribution in [2.45, 2.75) is 6.92 Å². The molecule has 2 rings (SSSR count). The highest BCUT2D eigenvalue weighted by atomic mass is 16.6. The maximum atomic E-state index is 12.1. The maximum absolute atomic E-state index is 12.1. The molecule has 0 saturated carbocycles. The Labute approximate surface area is 144 Å². The van der Waals surface area contributed by atoms with Crippen LogP contribution in [-0.4, -0.2) is 31.7 Å². The van der Waals surface area contributed by atoms with E-state index in [1.165, 1.54) is 38.5 Å². The second-order valence-corrected chi connectivity index (χ2v) is 5.11. The highest BCUT2D eigenvalue weighted by Crippen LogP contribution is 2.32. The average Bonchev–Trinajstić information content (AvgIpc) is 2.61. The monoisotopic (exact) mass is 346 g/mol. The molecule has 0 radical (unpaired) electrons. The standard InChI is InChI=1S/C17H18N2O6/c1-11-8-15(23-2)16(24-3)9-14(11)18-17(20)10-25-13-6-4-12(5-7-13)19(21)22/h4-9H,10H2,1-3H3,(H,18,20). The second-order valence-electron chi connectivity index (χ2n) is 5.11. The third-order valence-electron chi connectivity index (χ3n) is 3.42. The van der Waals surface area contributed by atoms with Crippen LogP contribution in [0, 0.1) is 17.0 Å². The number of hydrogen-bond acceptors (Lipinski definition) is 6. The van der Waals surface area contributed by atoms with Crippen LogP contribution in [0.1, 0.15) is 5.56 Å². The van der Waals surface area contributed by atoms with Gasteiger partial charge < -0.3 is 19.5 Å². The Morgan fingerprint density at radius 2 is 1.72 bits per heavy atom. The average molecular weight is 346 g/mol. The molecule has 0 spiro atoms. The molecule has 0 bridgehead atoms. The smallest absolute Gasteiger partial charge is 0.269 e. The highest BCUT2D eigenvalue weighted by molar-refractivity contribution is 5.93. The molecule has 1 N–H and O–H groups in total. The quantitative estimate of drug-likeness (QED) is 0.611. The molecule has 8 nitrogen and oxygen atoms in total. The van der Waals surface area contributed by atoms with Gasteiger partial charge in [0.15, 0.2) is 18.1 Å². The van der Waals surface area contributed by atoms with Crippen LogP contribution in [0.25, 0.3) is 0 Å². The number of carbonyl (C=O) groups excluding carboxylic acids is 1. The number of rotatable bonds is 7. The van der Waals surface area contributed by atoms with Crippen LogP contribution in [0.4, 0.5) is 11.4 Å². The van der Waals surface area contributed by atoms with Crippen molar-refractivity contribution >= 4 is 17.3 Å². The molecule has 0 unspecified atom stereocenters. The molecule has 0 heterocycles. The molecule has 25 heavy (non-hydrogen) atoms. The molecular weight excluding hydrogens is 328 g/mol. The van der Waals surface area contributed by atoms with Gasteiger partial charge in [-0.1, -0.05) is 0 Å². The van der Waals surface area contributed by atoms with Crippen molar-refractivity contribution in [3.63, 3.8) is 0 Å². The molecule has 0 aliphatic carbocycles. The topological polar surface area (TPSA) is 99.9 Å². The summed E-state index contributed by atoms with van der Waals surface area (Å²) in [6.45, 7) is 1.60. The van der Waals surface area contributed by atoms with Crippen molar-refractivity contribution in [2.75, 3.05) is 26.1 Å². The number of hydrogen-bond donors (Lipinski definition) is 1. The van der Waals surface area contributed by atoms with Crippen molar-refractivity contribution in [1.82, 2.24) is 0 Å². The third kappa shape index (κ3) is 4.60. The summed E-state index contributed by atoms with van der Waals surface area (Å²) in [6.07, 6.45) is 0. The van der Waals surface area contributed by atoms with Crippen molar-refractivity contribution in [3.05, 3.63) is 52.1 Å². The van der Waals surface area contributed by atoms with E-state index in [-0.39, 0.29) is 18.2 Å². The Kier molecular flexibility index (Phi) is 5.78. The van der Waals surface area contributed by atoms with E-state index in [0.29, 0.717) is 22.9 Å². The van der Waals surface area contributed by atoms with Gasteiger partial charge in [-0.25, -0.2) is 0 Å². The Bertz CT molecular complexity index is 773. The summed E-state index contributed by atoms with van der Waals surface area (Å²) in [5.41, 5.74) is 1.34. The highest BCUT2D eigenvalue weighted by Gasteiger charge is 2.12. The summed E-state index contributed by atoms with van der Waals surface area (Å²) < 4.78 is 15.7. The van der Waals surface area contributed by atoms with Gasteiger partial charge in [0.2, 0.25) is 0 Å². The zero-order valence-corrected chi connectivity index (χ0v) is 14.1. The third-order valence-corrected chi connectivity index (χ3v) is 3.42. The van der Waals surface area contributed by atoms with Crippen molar-refractivity contribution in [3.8, 4) is 17.2 Å². The van der Waals surface area contributed by atoms with Gasteiger partial charge in [-0.15, -0.1) is 0 Å². The fourth-order valence-electron chi connectivity index (χ4n) is 2.11. The van der Waals surface area contributed by atoms with Crippen molar-refractivity contribution in [2.24, 2.45) is 0 Å². The Morgan fingerprint density at radius 3 is 2.28 bits per heavy atom. The van der Waals surface area contributed by atoms with E-state index in [0.717, 1.165) is 5.56 Å². The first-order valence-electron chi connectivity index (χ1n) is 7.34. The summed E-state index contributed by atoms with van der Waals surface area (Å²) in [5.74, 6) is 1.07. The van der Waals surface area contributed by atoms with E-state index < -0.39 is 4.92 Å². The van der Waals surface area contributed by atoms with Gasteiger partial charge in [-0.2, -0.15) is 0 Å². The lowest BCUT2D eigenvalue weighted by Gasteiger charge is -2.14. The fourth-order valence-corrected chi connectivity index (χ4v) is 2.11. The summed E-state index contributed by atoms with van der Waals surface area (Å²) in [4.78, 5) is 22.1. The van der Waals surface area contributed by atoms with E-state index in [2.05, 4.69) is 5.32 Å². The first kappa shape index (κ1) is 18.1. The van der Waals surface area contributed by atoms with Gasteiger partial charge in [-0.3, -0.25) is 14.9 Å². The minimum atomic E-state index is -0.504. The van der Waals surface area contributed by atoms with Crippen molar-refractivity contribution in [1.29, 1.82) is 0 Å². The molecule has 0 atom stereocenters. The van der Waals surface area contributed by atoms with Crippen LogP contribution in [-0.2, 0) is 4.79 Å². The number of amides is 1. The first-order valence-corrected chi connectivity index (χ1v) is 7.34. The number of nitro groups is 1. The summed E-state index contributed by atoms with van der Waals surface area (Å²) >= 11 is 0. The van der Waals surface area contributed by atoms with Crippen molar-refractivity contribution < 1.29 is 23.9 Å². The van der Waals surface area contributed by atoms with Crippen LogP contribution in [0.5, 0.6) is 17.2 Å². The SMILES string of the molecule is COc1cc(C)c(NC(=O)COc2ccc([N+](=O)[O-])cc2)cc1OC. The van der Waals surface area contributed by atoms with Gasteiger partial charge in [0.25, 0.3) is 11.6 Å². The number of nitro benzene ring substituents is 1. The molecule has 8 heteroatoms. The molecule has 2 aromatic rings. The van der Waals surface area contributed by atoms with E-state index >= 15 is 0 Å². The lowest BCUT2D eigenvalue weighted by atomic mass is 10.1. The number of benzene rings is 2. The summed E-state index contributed by atoms with van der Waals surface area (Å²) in [6, 6.07) is 8.92. The van der Waals surface area contributed by atoms with Gasteiger partial charge in [0.05, 0.1) is 19.1 Å². The number of nitrogens with one attached hydrogen (secondary N) is 1. The van der Waals surface area contributed by atoms with Crippen LogP contribution >= 0.6 is 0 Å². The fraction of sp³-hybridized carbons (Fsp3) is 0.235. The molecular formula is C17H18N2O6. The normalized spacial score (nSPS) is 10.0. The molecule has 0 saturated heterocycles. The van der Waals surface area contributed by atoms with Crippen LogP contribution in [0.2, 0.25) is 0 Å². The Balaban J connectivity index is 1.99. The Morgan fingerprint density at radius 1 is 1.12 bits per heavy atom. The second kappa shape index (κ2) is 8.00. The zero-order chi connectivity index (χ0) is 18.4. The first-order chi connectivity index (χ1) is 11.9. The van der Waals surface area contributed by atoms with Crippen LogP contribution < -0.4 is 19.5 Å². The minimum Gasteiger partial charge on any atom is -0.493 e. The van der Waals surface area contributed by atoms with Gasteiger partial charge in [0.1, 0.15) is 5.75 Å². The Hall–Kier alpha value is -3.29. The van der Waals surface area contributed by atoms with E-state index in [4.69, 9.17) is 14.2 Å². The molecule has 0 aliphatic rings. The molecule has 2 aromatic carbocycles. The van der Waals surface area contributed by atoms with E-state index in [1.807, 2.05) is 6.92 Å².